The van der Waals surface area contributed by atoms with Crippen LogP contribution in [0.3, 0.4) is 0 Å². The molecule has 1 aliphatic heterocycles. The SMILES string of the molecule is C=CC(=O)[C@@](C=C)(CCOCc1ccccc1)c1ccc2c(c1)OCO2. The minimum atomic E-state index is -0.903. The molecule has 1 atom stereocenters. The molecular formula is C22H22O4. The van der Waals surface area contributed by atoms with E-state index < -0.39 is 5.41 Å². The Morgan fingerprint density at radius 2 is 1.88 bits per heavy atom. The lowest BCUT2D eigenvalue weighted by atomic mass is 9.74. The number of rotatable bonds is 9. The number of fused-ring (bicyclic) bond motifs is 1. The Hall–Kier alpha value is -2.85. The fourth-order valence-corrected chi connectivity index (χ4v) is 3.08. The minimum Gasteiger partial charge on any atom is -0.454 e. The van der Waals surface area contributed by atoms with Gasteiger partial charge in [0.2, 0.25) is 6.79 Å². The first kappa shape index (κ1) is 18.0. The predicted molar refractivity (Wildman–Crippen MR) is 100 cm³/mol. The van der Waals surface area contributed by atoms with E-state index in [4.69, 9.17) is 14.2 Å². The summed E-state index contributed by atoms with van der Waals surface area (Å²) in [6.45, 7) is 8.67. The Balaban J connectivity index is 1.77. The average molecular weight is 350 g/mol. The quantitative estimate of drug-likeness (QED) is 0.386. The van der Waals surface area contributed by atoms with Gasteiger partial charge in [-0.15, -0.1) is 6.58 Å². The summed E-state index contributed by atoms with van der Waals surface area (Å²) in [5.41, 5.74) is 0.985. The molecule has 2 aromatic carbocycles. The molecule has 3 rings (SSSR count). The molecule has 1 aliphatic rings. The Morgan fingerprint density at radius 1 is 1.12 bits per heavy atom. The summed E-state index contributed by atoms with van der Waals surface area (Å²) in [6.07, 6.45) is 3.47. The number of ether oxygens (including phenoxy) is 3. The van der Waals surface area contributed by atoms with Crippen LogP contribution in [0.5, 0.6) is 11.5 Å². The molecule has 0 amide bonds. The third-order valence-electron chi connectivity index (χ3n) is 4.61. The number of hydrogen-bond acceptors (Lipinski definition) is 4. The summed E-state index contributed by atoms with van der Waals surface area (Å²) < 4.78 is 16.6. The number of benzene rings is 2. The van der Waals surface area contributed by atoms with Crippen molar-refractivity contribution in [1.82, 2.24) is 0 Å². The zero-order valence-corrected chi connectivity index (χ0v) is 14.6. The first-order valence-electron chi connectivity index (χ1n) is 8.52. The van der Waals surface area contributed by atoms with Gasteiger partial charge in [0, 0.05) is 6.61 Å². The molecule has 0 radical (unpaired) electrons. The normalized spacial score (nSPS) is 14.5. The van der Waals surface area contributed by atoms with Crippen LogP contribution >= 0.6 is 0 Å². The molecule has 0 aliphatic carbocycles. The van der Waals surface area contributed by atoms with Crippen molar-refractivity contribution in [3.63, 3.8) is 0 Å². The van der Waals surface area contributed by atoms with E-state index in [-0.39, 0.29) is 12.6 Å². The van der Waals surface area contributed by atoms with Crippen LogP contribution in [-0.2, 0) is 21.6 Å². The Bertz CT molecular complexity index is 797. The molecule has 0 saturated heterocycles. The van der Waals surface area contributed by atoms with Crippen LogP contribution in [0.15, 0.2) is 73.8 Å². The summed E-state index contributed by atoms with van der Waals surface area (Å²) in [5.74, 6) is 1.20. The third-order valence-corrected chi connectivity index (χ3v) is 4.61. The largest absolute Gasteiger partial charge is 0.454 e. The first-order chi connectivity index (χ1) is 12.7. The summed E-state index contributed by atoms with van der Waals surface area (Å²) in [6, 6.07) is 15.4. The van der Waals surface area contributed by atoms with Crippen LogP contribution in [0.1, 0.15) is 17.5 Å². The maximum absolute atomic E-state index is 12.7. The summed E-state index contributed by atoms with van der Waals surface area (Å²) >= 11 is 0. The van der Waals surface area contributed by atoms with E-state index >= 15 is 0 Å². The van der Waals surface area contributed by atoms with Crippen molar-refractivity contribution < 1.29 is 19.0 Å². The molecule has 0 spiro atoms. The van der Waals surface area contributed by atoms with Crippen molar-refractivity contribution in [1.29, 1.82) is 0 Å². The number of carbonyl (C=O) groups is 1. The standard InChI is InChI=1S/C22H22O4/c1-3-21(23)22(4-2,12-13-24-15-17-8-6-5-7-9-17)18-10-11-19-20(14-18)26-16-25-19/h3-11,14H,1-2,12-13,15-16H2/t22-/m0/s1. The summed E-state index contributed by atoms with van der Waals surface area (Å²) in [7, 11) is 0. The van der Waals surface area contributed by atoms with Gasteiger partial charge in [0.05, 0.1) is 12.0 Å². The molecule has 134 valence electrons. The first-order valence-corrected chi connectivity index (χ1v) is 8.52. The van der Waals surface area contributed by atoms with Crippen LogP contribution in [0.2, 0.25) is 0 Å². The van der Waals surface area contributed by atoms with Gasteiger partial charge in [0.1, 0.15) is 0 Å². The van der Waals surface area contributed by atoms with Crippen LogP contribution in [0.4, 0.5) is 0 Å². The smallest absolute Gasteiger partial charge is 0.231 e. The van der Waals surface area contributed by atoms with Crippen molar-refractivity contribution in [2.24, 2.45) is 0 Å². The van der Waals surface area contributed by atoms with Crippen LogP contribution < -0.4 is 9.47 Å². The lowest BCUT2D eigenvalue weighted by molar-refractivity contribution is -0.119. The molecule has 4 heteroatoms. The van der Waals surface area contributed by atoms with E-state index in [1.165, 1.54) is 6.08 Å². The molecule has 0 unspecified atom stereocenters. The van der Waals surface area contributed by atoms with Gasteiger partial charge in [-0.1, -0.05) is 49.1 Å². The molecule has 26 heavy (non-hydrogen) atoms. The molecule has 0 fully saturated rings. The lowest BCUT2D eigenvalue weighted by Gasteiger charge is -2.28. The fourth-order valence-electron chi connectivity index (χ4n) is 3.08. The van der Waals surface area contributed by atoms with Crippen molar-refractivity contribution in [3.8, 4) is 11.5 Å². The molecule has 0 aromatic heterocycles. The fraction of sp³-hybridized carbons (Fsp3) is 0.227. The van der Waals surface area contributed by atoms with Crippen molar-refractivity contribution in [2.75, 3.05) is 13.4 Å². The van der Waals surface area contributed by atoms with E-state index in [0.29, 0.717) is 31.1 Å². The molecule has 1 heterocycles. The van der Waals surface area contributed by atoms with E-state index in [1.807, 2.05) is 48.5 Å². The molecule has 2 aromatic rings. The topological polar surface area (TPSA) is 44.8 Å². The van der Waals surface area contributed by atoms with Crippen LogP contribution in [0, 0.1) is 0 Å². The second-order valence-corrected chi connectivity index (χ2v) is 6.10. The second-order valence-electron chi connectivity index (χ2n) is 6.10. The van der Waals surface area contributed by atoms with E-state index in [1.54, 1.807) is 6.08 Å². The zero-order valence-electron chi connectivity index (χ0n) is 14.6. The minimum absolute atomic E-state index is 0.116. The highest BCUT2D eigenvalue weighted by molar-refractivity contribution is 6.00. The van der Waals surface area contributed by atoms with Crippen LogP contribution in [0.25, 0.3) is 0 Å². The maximum atomic E-state index is 12.7. The van der Waals surface area contributed by atoms with Gasteiger partial charge < -0.3 is 14.2 Å². The third kappa shape index (κ3) is 3.55. The number of carbonyl (C=O) groups excluding carboxylic acids is 1. The van der Waals surface area contributed by atoms with Crippen molar-refractivity contribution in [2.45, 2.75) is 18.4 Å². The van der Waals surface area contributed by atoms with Crippen molar-refractivity contribution >= 4 is 5.78 Å². The number of allylic oxidation sites excluding steroid dienone is 2. The molecule has 0 bridgehead atoms. The predicted octanol–water partition coefficient (Wildman–Crippen LogP) is 4.20. The highest BCUT2D eigenvalue weighted by atomic mass is 16.7. The Labute approximate surface area is 153 Å². The molecule has 0 saturated carbocycles. The monoisotopic (exact) mass is 350 g/mol. The van der Waals surface area contributed by atoms with Gasteiger partial charge in [-0.25, -0.2) is 0 Å². The number of hydrogen-bond donors (Lipinski definition) is 0. The van der Waals surface area contributed by atoms with Gasteiger partial charge in [0.15, 0.2) is 17.3 Å². The van der Waals surface area contributed by atoms with Gasteiger partial charge in [0.25, 0.3) is 0 Å². The molecular weight excluding hydrogens is 328 g/mol. The van der Waals surface area contributed by atoms with Gasteiger partial charge in [-0.3, -0.25) is 4.79 Å². The lowest BCUT2D eigenvalue weighted by Crippen LogP contribution is -2.34. The average Bonchev–Trinajstić information content (AvgIpc) is 3.16. The van der Waals surface area contributed by atoms with E-state index in [0.717, 1.165) is 11.1 Å². The van der Waals surface area contributed by atoms with Gasteiger partial charge in [-0.2, -0.15) is 0 Å². The molecule has 0 N–H and O–H groups in total. The molecule has 4 nitrogen and oxygen atoms in total. The highest BCUT2D eigenvalue weighted by Crippen LogP contribution is 2.39. The Morgan fingerprint density at radius 3 is 2.62 bits per heavy atom. The van der Waals surface area contributed by atoms with Crippen molar-refractivity contribution in [3.05, 3.63) is 85.0 Å². The second kappa shape index (κ2) is 8.02. The highest BCUT2D eigenvalue weighted by Gasteiger charge is 2.36. The number of ketones is 1. The zero-order chi connectivity index (χ0) is 18.4. The maximum Gasteiger partial charge on any atom is 0.231 e. The van der Waals surface area contributed by atoms with E-state index in [9.17, 15) is 4.79 Å². The Kier molecular flexibility index (Phi) is 5.54. The van der Waals surface area contributed by atoms with E-state index in [2.05, 4.69) is 13.2 Å². The van der Waals surface area contributed by atoms with Crippen LogP contribution in [-0.4, -0.2) is 19.2 Å². The summed E-state index contributed by atoms with van der Waals surface area (Å²) in [5, 5.41) is 0. The summed E-state index contributed by atoms with van der Waals surface area (Å²) in [4.78, 5) is 12.7. The van der Waals surface area contributed by atoms with Gasteiger partial charge >= 0.3 is 0 Å². The van der Waals surface area contributed by atoms with Gasteiger partial charge in [-0.05, 0) is 35.8 Å².